The molecular weight excluding hydrogens is 329 g/mol. The number of aryl methyl sites for hydroxylation is 3. The molecule has 0 aliphatic rings. The summed E-state index contributed by atoms with van der Waals surface area (Å²) in [5.41, 5.74) is 0.929. The monoisotopic (exact) mass is 347 g/mol. The molecule has 0 aliphatic carbocycles. The summed E-state index contributed by atoms with van der Waals surface area (Å²) in [6, 6.07) is 2.48. The first-order chi connectivity index (χ1) is 11.7. The fourth-order valence-electron chi connectivity index (χ4n) is 2.55. The van der Waals surface area contributed by atoms with Gasteiger partial charge in [0.2, 0.25) is 0 Å². The average molecular weight is 347 g/mol. The van der Waals surface area contributed by atoms with E-state index in [1.807, 2.05) is 0 Å². The Labute approximate surface area is 143 Å². The molecule has 2 aromatic rings. The lowest BCUT2D eigenvalue weighted by atomic mass is 10.0. The highest BCUT2D eigenvalue weighted by Gasteiger charge is 2.27. The van der Waals surface area contributed by atoms with Crippen molar-refractivity contribution in [2.75, 3.05) is 12.4 Å². The summed E-state index contributed by atoms with van der Waals surface area (Å²) < 4.78 is 20.3. The van der Waals surface area contributed by atoms with Gasteiger partial charge < -0.3 is 10.1 Å². The van der Waals surface area contributed by atoms with E-state index < -0.39 is 23.5 Å². The van der Waals surface area contributed by atoms with Crippen molar-refractivity contribution in [3.8, 4) is 0 Å². The van der Waals surface area contributed by atoms with E-state index in [1.165, 1.54) is 10.7 Å². The van der Waals surface area contributed by atoms with Gasteiger partial charge >= 0.3 is 5.97 Å². The maximum atomic E-state index is 14.2. The molecule has 0 unspecified atom stereocenters. The Hall–Kier alpha value is -3.03. The molecule has 8 heteroatoms. The number of carbonyl (C=O) groups excluding carboxylic acids is 3. The van der Waals surface area contributed by atoms with Crippen molar-refractivity contribution in [1.29, 1.82) is 0 Å². The van der Waals surface area contributed by atoms with Gasteiger partial charge in [-0.1, -0.05) is 6.07 Å². The molecule has 0 saturated carbocycles. The Kier molecular flexibility index (Phi) is 5.01. The van der Waals surface area contributed by atoms with Crippen molar-refractivity contribution < 1.29 is 23.5 Å². The standard InChI is InChI=1S/C17H18FN3O4/c1-8-6-7-11(18)14(12(8)17(24)25-5)19-16(23)15(22)13-9(2)20-21(4)10(13)3/h6-7H,1-5H3,(H,19,23). The summed E-state index contributed by atoms with van der Waals surface area (Å²) in [4.78, 5) is 36.7. The third kappa shape index (κ3) is 3.28. The molecule has 25 heavy (non-hydrogen) atoms. The van der Waals surface area contributed by atoms with Crippen molar-refractivity contribution in [3.05, 3.63) is 46.0 Å². The number of hydrogen-bond acceptors (Lipinski definition) is 5. The van der Waals surface area contributed by atoms with Crippen LogP contribution in [0.5, 0.6) is 0 Å². The number of Topliss-reactive ketones (excluding diaryl/α,β-unsaturated/α-hetero) is 1. The Morgan fingerprint density at radius 2 is 1.80 bits per heavy atom. The number of ether oxygens (including phenoxy) is 1. The molecule has 0 radical (unpaired) electrons. The lowest BCUT2D eigenvalue weighted by Gasteiger charge is -2.13. The minimum Gasteiger partial charge on any atom is -0.465 e. The van der Waals surface area contributed by atoms with Gasteiger partial charge in [-0.2, -0.15) is 5.10 Å². The third-order valence-corrected chi connectivity index (χ3v) is 3.93. The number of nitrogens with zero attached hydrogens (tertiary/aromatic N) is 2. The second-order valence-electron chi connectivity index (χ2n) is 5.56. The van der Waals surface area contributed by atoms with E-state index in [9.17, 15) is 18.8 Å². The van der Waals surface area contributed by atoms with E-state index >= 15 is 0 Å². The number of rotatable bonds is 4. The van der Waals surface area contributed by atoms with E-state index in [0.717, 1.165) is 13.2 Å². The number of hydrogen-bond donors (Lipinski definition) is 1. The number of ketones is 1. The summed E-state index contributed by atoms with van der Waals surface area (Å²) in [5, 5.41) is 6.27. The third-order valence-electron chi connectivity index (χ3n) is 3.93. The van der Waals surface area contributed by atoms with Crippen LogP contribution in [-0.2, 0) is 16.6 Å². The number of benzene rings is 1. The molecule has 0 spiro atoms. The van der Waals surface area contributed by atoms with Gasteiger partial charge in [0.05, 0.1) is 29.6 Å². The van der Waals surface area contributed by atoms with Crippen LogP contribution in [0.1, 0.15) is 37.7 Å². The lowest BCUT2D eigenvalue weighted by Crippen LogP contribution is -2.26. The number of halogens is 1. The highest BCUT2D eigenvalue weighted by Crippen LogP contribution is 2.25. The lowest BCUT2D eigenvalue weighted by molar-refractivity contribution is -0.112. The largest absolute Gasteiger partial charge is 0.465 e. The molecule has 7 nitrogen and oxygen atoms in total. The Bertz CT molecular complexity index is 887. The average Bonchev–Trinajstić information content (AvgIpc) is 2.82. The van der Waals surface area contributed by atoms with Gasteiger partial charge in [0.1, 0.15) is 5.82 Å². The normalized spacial score (nSPS) is 10.5. The Morgan fingerprint density at radius 3 is 2.32 bits per heavy atom. The molecular formula is C17H18FN3O4. The molecule has 0 aliphatic heterocycles. The molecule has 1 amide bonds. The minimum atomic E-state index is -1.06. The van der Waals surface area contributed by atoms with Gasteiger partial charge in [-0.3, -0.25) is 14.3 Å². The van der Waals surface area contributed by atoms with Crippen molar-refractivity contribution >= 4 is 23.3 Å². The van der Waals surface area contributed by atoms with Crippen LogP contribution < -0.4 is 5.32 Å². The van der Waals surface area contributed by atoms with Crippen molar-refractivity contribution in [2.24, 2.45) is 7.05 Å². The van der Waals surface area contributed by atoms with E-state index in [0.29, 0.717) is 17.0 Å². The summed E-state index contributed by atoms with van der Waals surface area (Å²) in [7, 11) is 2.79. The Balaban J connectivity index is 2.43. The fraction of sp³-hybridized carbons (Fsp3) is 0.294. The number of carbonyl (C=O) groups is 3. The summed E-state index contributed by atoms with van der Waals surface area (Å²) >= 11 is 0. The number of esters is 1. The zero-order valence-electron chi connectivity index (χ0n) is 14.6. The van der Waals surface area contributed by atoms with Crippen LogP contribution in [0.3, 0.4) is 0 Å². The van der Waals surface area contributed by atoms with Crippen molar-refractivity contribution in [3.63, 3.8) is 0 Å². The van der Waals surface area contributed by atoms with E-state index in [4.69, 9.17) is 0 Å². The van der Waals surface area contributed by atoms with E-state index in [1.54, 1.807) is 27.8 Å². The van der Waals surface area contributed by atoms with Crippen LogP contribution >= 0.6 is 0 Å². The van der Waals surface area contributed by atoms with Gasteiger partial charge in [0, 0.05) is 12.7 Å². The second-order valence-corrected chi connectivity index (χ2v) is 5.56. The zero-order valence-corrected chi connectivity index (χ0v) is 14.6. The predicted octanol–water partition coefficient (Wildman–Crippen LogP) is 2.09. The number of methoxy groups -OCH3 is 1. The number of aromatic nitrogens is 2. The highest BCUT2D eigenvalue weighted by atomic mass is 19.1. The van der Waals surface area contributed by atoms with Crippen LogP contribution in [0, 0.1) is 26.6 Å². The molecule has 1 N–H and O–H groups in total. The first-order valence-electron chi connectivity index (χ1n) is 7.42. The maximum Gasteiger partial charge on any atom is 0.340 e. The predicted molar refractivity (Wildman–Crippen MR) is 88.1 cm³/mol. The molecule has 132 valence electrons. The summed E-state index contributed by atoms with van der Waals surface area (Å²) in [5.74, 6) is -3.58. The molecule has 0 atom stereocenters. The summed E-state index contributed by atoms with van der Waals surface area (Å²) in [6.45, 7) is 4.81. The molecule has 0 fully saturated rings. The molecule has 2 rings (SSSR count). The quantitative estimate of drug-likeness (QED) is 0.520. The first-order valence-corrected chi connectivity index (χ1v) is 7.42. The highest BCUT2D eigenvalue weighted by molar-refractivity contribution is 6.47. The second kappa shape index (κ2) is 6.84. The summed E-state index contributed by atoms with van der Waals surface area (Å²) in [6.07, 6.45) is 0. The van der Waals surface area contributed by atoms with Gasteiger partial charge in [0.25, 0.3) is 11.7 Å². The van der Waals surface area contributed by atoms with Crippen LogP contribution in [0.25, 0.3) is 0 Å². The molecule has 1 aromatic heterocycles. The molecule has 1 heterocycles. The van der Waals surface area contributed by atoms with Gasteiger partial charge in [-0.25, -0.2) is 9.18 Å². The maximum absolute atomic E-state index is 14.2. The van der Waals surface area contributed by atoms with Gasteiger partial charge in [-0.05, 0) is 32.4 Å². The topological polar surface area (TPSA) is 90.3 Å². The number of nitrogens with one attached hydrogen (secondary N) is 1. The smallest absolute Gasteiger partial charge is 0.340 e. The zero-order chi connectivity index (χ0) is 18.9. The van der Waals surface area contributed by atoms with Gasteiger partial charge in [-0.15, -0.1) is 0 Å². The minimum absolute atomic E-state index is 0.136. The van der Waals surface area contributed by atoms with E-state index in [2.05, 4.69) is 15.2 Å². The molecule has 0 saturated heterocycles. The number of anilines is 1. The van der Waals surface area contributed by atoms with Crippen LogP contribution in [0.2, 0.25) is 0 Å². The molecule has 1 aromatic carbocycles. The fourth-order valence-corrected chi connectivity index (χ4v) is 2.55. The first kappa shape index (κ1) is 18.3. The van der Waals surface area contributed by atoms with Gasteiger partial charge in [0.15, 0.2) is 0 Å². The van der Waals surface area contributed by atoms with Crippen molar-refractivity contribution in [2.45, 2.75) is 20.8 Å². The van der Waals surface area contributed by atoms with Crippen molar-refractivity contribution in [1.82, 2.24) is 9.78 Å². The number of amides is 1. The van der Waals surface area contributed by atoms with Crippen LogP contribution in [0.4, 0.5) is 10.1 Å². The van der Waals surface area contributed by atoms with Crippen LogP contribution in [-0.4, -0.2) is 34.6 Å². The SMILES string of the molecule is COC(=O)c1c(C)ccc(F)c1NC(=O)C(=O)c1c(C)nn(C)c1C. The van der Waals surface area contributed by atoms with E-state index in [-0.39, 0.29) is 16.8 Å². The van der Waals surface area contributed by atoms with Crippen LogP contribution in [0.15, 0.2) is 12.1 Å². The molecule has 0 bridgehead atoms. The Morgan fingerprint density at radius 1 is 1.16 bits per heavy atom.